The van der Waals surface area contributed by atoms with Gasteiger partial charge in [-0.2, -0.15) is 0 Å². The summed E-state index contributed by atoms with van der Waals surface area (Å²) in [7, 11) is 0. The van der Waals surface area contributed by atoms with Gasteiger partial charge in [-0.15, -0.1) is 0 Å². The molecule has 79 heavy (non-hydrogen) atoms. The molecule has 0 aromatic carbocycles. The van der Waals surface area contributed by atoms with E-state index in [1.54, 1.807) is 0 Å². The molecule has 3 N–H and O–H groups in total. The van der Waals surface area contributed by atoms with E-state index in [-0.39, 0.29) is 170 Å². The number of carbonyl (C=O) groups excluding carboxylic acids is 1. The predicted octanol–water partition coefficient (Wildman–Crippen LogP) is 5.59. The first-order chi connectivity index (χ1) is 38.0. The lowest BCUT2D eigenvalue weighted by Gasteiger charge is -2.51. The molecule has 0 aromatic rings. The van der Waals surface area contributed by atoms with Crippen LogP contribution in [0.2, 0.25) is 0 Å². The summed E-state index contributed by atoms with van der Waals surface area (Å²) in [5.41, 5.74) is 2.22. The number of aliphatic hydroxyl groups is 3. The van der Waals surface area contributed by atoms with Gasteiger partial charge in [0.05, 0.1) is 123 Å². The van der Waals surface area contributed by atoms with Crippen molar-refractivity contribution in [3.63, 3.8) is 0 Å². The SMILES string of the molecule is C=C1CC2CCC34CC5OC6C(OC7CCC(CC(=O)CC8C(CC9OC(CCC1O2)CC(C)C9=C)OC1CC2OC9(CC2OC1C8C)CC1OC2(CC(C)C8OC(C(O)CC(O)CO)CC8O2)CC(C)C1O9)OC7C6O3)C5O4. The fraction of sp³-hybridized carbons (Fsp3) is 0.918. The Kier molecular flexibility index (Phi) is 13.9. The average molecular weight is 1110 g/mol. The Morgan fingerprint density at radius 3 is 2.04 bits per heavy atom. The summed E-state index contributed by atoms with van der Waals surface area (Å²) in [6.45, 7) is 17.6. The number of carbonyl (C=O) groups is 1. The van der Waals surface area contributed by atoms with Crippen molar-refractivity contribution in [3.8, 4) is 0 Å². The van der Waals surface area contributed by atoms with Crippen molar-refractivity contribution in [1.82, 2.24) is 0 Å². The van der Waals surface area contributed by atoms with Crippen LogP contribution in [0.1, 0.15) is 150 Å². The molecule has 16 aliphatic rings. The third-order valence-corrected chi connectivity index (χ3v) is 22.5. The van der Waals surface area contributed by atoms with Crippen molar-refractivity contribution < 1.29 is 86.4 Å². The number of rotatable bonds is 4. The maximum absolute atomic E-state index is 14.8. The minimum Gasteiger partial charge on any atom is -0.394 e. The van der Waals surface area contributed by atoms with E-state index in [1.807, 2.05) is 0 Å². The number of hydrogen-bond donors (Lipinski definition) is 3. The van der Waals surface area contributed by atoms with Crippen LogP contribution in [0.4, 0.5) is 0 Å². The zero-order valence-corrected chi connectivity index (χ0v) is 46.8. The van der Waals surface area contributed by atoms with Gasteiger partial charge in [0.1, 0.15) is 36.3 Å². The van der Waals surface area contributed by atoms with E-state index >= 15 is 0 Å². The van der Waals surface area contributed by atoms with Gasteiger partial charge in [0, 0.05) is 77.0 Å². The molecule has 16 fully saturated rings. The molecular formula is C61H88O18. The number of fused-ring (bicyclic) bond motifs is 10. The van der Waals surface area contributed by atoms with Gasteiger partial charge in [-0.25, -0.2) is 0 Å². The van der Waals surface area contributed by atoms with Gasteiger partial charge in [-0.1, -0.05) is 40.9 Å². The van der Waals surface area contributed by atoms with Crippen molar-refractivity contribution in [2.24, 2.45) is 29.6 Å². The van der Waals surface area contributed by atoms with E-state index in [0.29, 0.717) is 70.6 Å². The molecular weight excluding hydrogens is 1020 g/mol. The Balaban J connectivity index is 0.655. The number of ketones is 1. The second kappa shape index (κ2) is 20.3. The van der Waals surface area contributed by atoms with Gasteiger partial charge in [-0.05, 0) is 85.7 Å². The minimum atomic E-state index is -1.01. The molecule has 18 nitrogen and oxygen atoms in total. The smallest absolute Gasteiger partial charge is 0.174 e. The highest BCUT2D eigenvalue weighted by Crippen LogP contribution is 2.58. The summed E-state index contributed by atoms with van der Waals surface area (Å²) in [5, 5.41) is 30.4. The molecule has 440 valence electrons. The van der Waals surface area contributed by atoms with Crippen LogP contribution in [-0.4, -0.2) is 192 Å². The van der Waals surface area contributed by atoms with Crippen LogP contribution in [0.25, 0.3) is 0 Å². The van der Waals surface area contributed by atoms with E-state index in [2.05, 4.69) is 40.9 Å². The molecule has 16 rings (SSSR count). The Bertz CT molecular complexity index is 2340. The van der Waals surface area contributed by atoms with Crippen LogP contribution < -0.4 is 0 Å². The number of hydrogen-bond acceptors (Lipinski definition) is 18. The lowest BCUT2D eigenvalue weighted by atomic mass is 9.72. The van der Waals surface area contributed by atoms with Crippen LogP contribution in [0, 0.1) is 29.6 Å². The van der Waals surface area contributed by atoms with Crippen LogP contribution in [0.3, 0.4) is 0 Å². The molecule has 3 spiro atoms. The predicted molar refractivity (Wildman–Crippen MR) is 277 cm³/mol. The van der Waals surface area contributed by atoms with E-state index in [4.69, 9.17) is 66.3 Å². The molecule has 32 unspecified atom stereocenters. The molecule has 32 atom stereocenters. The Morgan fingerprint density at radius 2 is 1.19 bits per heavy atom. The fourth-order valence-electron chi connectivity index (χ4n) is 18.6. The fourth-order valence-corrected chi connectivity index (χ4v) is 18.6. The zero-order valence-electron chi connectivity index (χ0n) is 46.8. The van der Waals surface area contributed by atoms with Crippen LogP contribution >= 0.6 is 0 Å². The molecule has 16 aliphatic heterocycles. The quantitative estimate of drug-likeness (QED) is 0.294. The van der Waals surface area contributed by atoms with E-state index in [1.165, 1.54) is 0 Å². The van der Waals surface area contributed by atoms with Gasteiger partial charge >= 0.3 is 0 Å². The third kappa shape index (κ3) is 9.48. The highest BCUT2D eigenvalue weighted by molar-refractivity contribution is 5.79. The van der Waals surface area contributed by atoms with Gasteiger partial charge in [-0.3, -0.25) is 4.79 Å². The first kappa shape index (κ1) is 54.1. The number of Topliss-reactive ketones (excluding diaryl/α,β-unsaturated/α-hetero) is 1. The first-order valence-corrected chi connectivity index (χ1v) is 31.1. The Labute approximate surface area is 464 Å². The van der Waals surface area contributed by atoms with Gasteiger partial charge in [0.25, 0.3) is 0 Å². The Morgan fingerprint density at radius 1 is 0.506 bits per heavy atom. The molecule has 0 saturated carbocycles. The van der Waals surface area contributed by atoms with Crippen molar-refractivity contribution >= 4 is 5.78 Å². The summed E-state index contributed by atoms with van der Waals surface area (Å²) in [6, 6.07) is 0. The van der Waals surface area contributed by atoms with E-state index < -0.39 is 42.3 Å². The summed E-state index contributed by atoms with van der Waals surface area (Å²) in [5.74, 6) is -2.05. The molecule has 0 aliphatic carbocycles. The van der Waals surface area contributed by atoms with Gasteiger partial charge in [0.15, 0.2) is 17.4 Å². The lowest BCUT2D eigenvalue weighted by molar-refractivity contribution is -0.347. The summed E-state index contributed by atoms with van der Waals surface area (Å²) < 4.78 is 97.4. The zero-order chi connectivity index (χ0) is 54.0. The maximum atomic E-state index is 14.8. The first-order valence-electron chi connectivity index (χ1n) is 31.1. The molecule has 0 radical (unpaired) electrons. The van der Waals surface area contributed by atoms with Crippen molar-refractivity contribution in [2.75, 3.05) is 6.61 Å². The largest absolute Gasteiger partial charge is 0.394 e. The monoisotopic (exact) mass is 1110 g/mol. The van der Waals surface area contributed by atoms with Crippen molar-refractivity contribution in [3.05, 3.63) is 24.3 Å². The van der Waals surface area contributed by atoms with Crippen molar-refractivity contribution in [2.45, 2.75) is 314 Å². The number of aliphatic hydroxyl groups excluding tert-OH is 3. The highest BCUT2D eigenvalue weighted by Gasteiger charge is 2.70. The number of ether oxygens (including phenoxy) is 14. The molecule has 18 heteroatoms. The minimum absolute atomic E-state index is 0.0151. The molecule has 16 saturated heterocycles. The Hall–Kier alpha value is -1.53. The maximum Gasteiger partial charge on any atom is 0.174 e. The molecule has 0 aromatic heterocycles. The third-order valence-electron chi connectivity index (χ3n) is 22.5. The van der Waals surface area contributed by atoms with Crippen LogP contribution in [0.15, 0.2) is 24.3 Å². The second-order valence-corrected chi connectivity index (χ2v) is 28.0. The molecule has 12 bridgehead atoms. The van der Waals surface area contributed by atoms with Crippen LogP contribution in [0.5, 0.6) is 0 Å². The normalized spacial score (nSPS) is 57.3. The summed E-state index contributed by atoms with van der Waals surface area (Å²) in [4.78, 5) is 14.8. The van der Waals surface area contributed by atoms with E-state index in [9.17, 15) is 20.1 Å². The topological polar surface area (TPSA) is 207 Å². The highest BCUT2D eigenvalue weighted by atomic mass is 16.8. The molecule has 0 amide bonds. The van der Waals surface area contributed by atoms with Gasteiger partial charge in [0.2, 0.25) is 0 Å². The van der Waals surface area contributed by atoms with Gasteiger partial charge < -0.3 is 81.6 Å². The standard InChI is InChI=1S/C61H88O18/c1-27-13-35-7-9-40-28(2)14-37(66-40)11-12-59-24-49-55(78-59)56-57(73-49)58(79-59)54-41(70-56)10-8-36(68-54)15-33(63)16-38-32(6)53-46(69-43(38)18-42(67-35)31(27)5)20-45-48(72-53)23-61(74-45)25-50-52(77-61)30(4)22-60(76-50)21-29(3)51-47(75-60)19-44(71-51)39(65)17-34(64)26-62/h27,29-30,32,34-58,62,64-65H,2,5,7-26H2,1,3-4,6H3. The summed E-state index contributed by atoms with van der Waals surface area (Å²) >= 11 is 0. The molecule has 16 heterocycles. The lowest BCUT2D eigenvalue weighted by Crippen LogP contribution is -2.61. The average Bonchev–Trinajstić information content (AvgIpc) is 4.40. The van der Waals surface area contributed by atoms with E-state index in [0.717, 1.165) is 56.1 Å². The summed E-state index contributed by atoms with van der Waals surface area (Å²) in [6.07, 6.45) is 5.06. The van der Waals surface area contributed by atoms with Crippen LogP contribution in [-0.2, 0) is 71.1 Å². The second-order valence-electron chi connectivity index (χ2n) is 28.0. The van der Waals surface area contributed by atoms with Crippen molar-refractivity contribution in [1.29, 1.82) is 0 Å².